The quantitative estimate of drug-likeness (QED) is 0.662. The van der Waals surface area contributed by atoms with E-state index in [1.54, 1.807) is 42.7 Å². The Morgan fingerprint density at radius 2 is 2.27 bits per heavy atom. The van der Waals surface area contributed by atoms with E-state index >= 15 is 0 Å². The fraction of sp³-hybridized carbons (Fsp3) is 0.350. The number of fused-ring (bicyclic) bond motifs is 3. The van der Waals surface area contributed by atoms with Gasteiger partial charge in [0.25, 0.3) is 5.56 Å². The number of hydrogen-bond donors (Lipinski definition) is 0. The van der Waals surface area contributed by atoms with Gasteiger partial charge in [0.05, 0.1) is 25.4 Å². The van der Waals surface area contributed by atoms with Crippen molar-refractivity contribution in [2.24, 2.45) is 5.92 Å². The molecule has 0 aliphatic heterocycles. The number of aromatic nitrogens is 2. The van der Waals surface area contributed by atoms with Crippen LogP contribution in [0.2, 0.25) is 0 Å². The van der Waals surface area contributed by atoms with E-state index in [0.717, 1.165) is 29.7 Å². The Hall–Kier alpha value is -2.47. The van der Waals surface area contributed by atoms with Crippen molar-refractivity contribution in [3.05, 3.63) is 57.0 Å². The highest BCUT2D eigenvalue weighted by molar-refractivity contribution is 7.18. The van der Waals surface area contributed by atoms with Crippen molar-refractivity contribution in [1.82, 2.24) is 9.55 Å². The van der Waals surface area contributed by atoms with Gasteiger partial charge in [-0.3, -0.25) is 14.2 Å². The van der Waals surface area contributed by atoms with Gasteiger partial charge in [0.1, 0.15) is 10.6 Å². The van der Waals surface area contributed by atoms with E-state index in [0.29, 0.717) is 22.6 Å². The molecule has 2 heterocycles. The van der Waals surface area contributed by atoms with Crippen LogP contribution < -0.4 is 10.3 Å². The van der Waals surface area contributed by atoms with Crippen molar-refractivity contribution in [2.45, 2.75) is 32.7 Å². The summed E-state index contributed by atoms with van der Waals surface area (Å²) in [6, 6.07) is 6.98. The molecule has 1 aliphatic carbocycles. The molecule has 0 spiro atoms. The highest BCUT2D eigenvalue weighted by Gasteiger charge is 2.23. The van der Waals surface area contributed by atoms with Gasteiger partial charge in [-0.15, -0.1) is 11.3 Å². The van der Waals surface area contributed by atoms with Crippen molar-refractivity contribution in [1.29, 1.82) is 0 Å². The summed E-state index contributed by atoms with van der Waals surface area (Å²) in [4.78, 5) is 32.1. The second kappa shape index (κ2) is 6.68. The van der Waals surface area contributed by atoms with Crippen LogP contribution in [0.3, 0.4) is 0 Å². The summed E-state index contributed by atoms with van der Waals surface area (Å²) in [7, 11) is 1.56. The number of aryl methyl sites for hydroxylation is 1. The monoisotopic (exact) mass is 368 g/mol. The first-order chi connectivity index (χ1) is 12.6. The Morgan fingerprint density at radius 1 is 1.42 bits per heavy atom. The number of Topliss-reactive ketones (excluding diaryl/α,β-unsaturated/α-hetero) is 1. The molecular formula is C20H20N2O3S. The van der Waals surface area contributed by atoms with E-state index in [1.807, 2.05) is 0 Å². The number of thiophene rings is 1. The van der Waals surface area contributed by atoms with Crippen LogP contribution in [0.5, 0.6) is 5.75 Å². The molecule has 0 N–H and O–H groups in total. The van der Waals surface area contributed by atoms with E-state index in [4.69, 9.17) is 4.74 Å². The lowest BCUT2D eigenvalue weighted by molar-refractivity contribution is 0.0970. The zero-order valence-corrected chi connectivity index (χ0v) is 15.6. The second-order valence-electron chi connectivity index (χ2n) is 6.86. The Morgan fingerprint density at radius 3 is 3.08 bits per heavy atom. The zero-order valence-electron chi connectivity index (χ0n) is 14.8. The summed E-state index contributed by atoms with van der Waals surface area (Å²) in [6.07, 6.45) is 4.52. The number of ketones is 1. The molecule has 26 heavy (non-hydrogen) atoms. The third kappa shape index (κ3) is 2.94. The molecule has 4 rings (SSSR count). The van der Waals surface area contributed by atoms with E-state index in [-0.39, 0.29) is 17.9 Å². The highest BCUT2D eigenvalue weighted by atomic mass is 32.1. The molecular weight excluding hydrogens is 348 g/mol. The molecule has 3 aromatic rings. The Kier molecular flexibility index (Phi) is 4.36. The zero-order chi connectivity index (χ0) is 18.3. The fourth-order valence-corrected chi connectivity index (χ4v) is 4.86. The Bertz CT molecular complexity index is 1050. The fourth-order valence-electron chi connectivity index (χ4n) is 3.52. The van der Waals surface area contributed by atoms with E-state index in [2.05, 4.69) is 11.9 Å². The van der Waals surface area contributed by atoms with Gasteiger partial charge in [-0.25, -0.2) is 4.98 Å². The second-order valence-corrected chi connectivity index (χ2v) is 7.95. The Labute approximate surface area is 155 Å². The largest absolute Gasteiger partial charge is 0.497 e. The van der Waals surface area contributed by atoms with Crippen molar-refractivity contribution in [2.75, 3.05) is 7.11 Å². The van der Waals surface area contributed by atoms with Gasteiger partial charge >= 0.3 is 0 Å². The summed E-state index contributed by atoms with van der Waals surface area (Å²) in [5.74, 6) is 1.13. The summed E-state index contributed by atoms with van der Waals surface area (Å²) < 4.78 is 6.59. The maximum absolute atomic E-state index is 13.0. The molecule has 134 valence electrons. The number of hydrogen-bond acceptors (Lipinski definition) is 5. The molecule has 0 amide bonds. The number of benzene rings is 1. The molecule has 5 nitrogen and oxygen atoms in total. The lowest BCUT2D eigenvalue weighted by atomic mass is 9.89. The number of ether oxygens (including phenoxy) is 1. The first-order valence-corrected chi connectivity index (χ1v) is 9.55. The van der Waals surface area contributed by atoms with Crippen molar-refractivity contribution >= 4 is 27.3 Å². The molecule has 0 bridgehead atoms. The Balaban J connectivity index is 1.70. The third-order valence-corrected chi connectivity index (χ3v) is 6.15. The predicted octanol–water partition coefficient (Wildman–Crippen LogP) is 3.47. The maximum Gasteiger partial charge on any atom is 0.262 e. The number of nitrogens with zero attached hydrogens (tertiary/aromatic N) is 2. The summed E-state index contributed by atoms with van der Waals surface area (Å²) in [6.45, 7) is 2.22. The smallest absolute Gasteiger partial charge is 0.262 e. The number of carbonyl (C=O) groups is 1. The summed E-state index contributed by atoms with van der Waals surface area (Å²) in [5.41, 5.74) is 1.56. The standard InChI is InChI=1S/C20H20N2O3S/c1-12-6-7-15-17(8-12)26-19-18(15)20(24)22(11-21-19)10-16(23)13-4-3-5-14(9-13)25-2/h3-5,9,11-12H,6-8,10H2,1-2H3. The van der Waals surface area contributed by atoms with Crippen molar-refractivity contribution < 1.29 is 9.53 Å². The van der Waals surface area contributed by atoms with Gasteiger partial charge in [-0.1, -0.05) is 19.1 Å². The van der Waals surface area contributed by atoms with Crippen LogP contribution in [0, 0.1) is 5.92 Å². The summed E-state index contributed by atoms with van der Waals surface area (Å²) >= 11 is 1.62. The number of rotatable bonds is 4. The van der Waals surface area contributed by atoms with Crippen LogP contribution in [0.15, 0.2) is 35.4 Å². The van der Waals surface area contributed by atoms with Gasteiger partial charge < -0.3 is 4.74 Å². The van der Waals surface area contributed by atoms with E-state index in [9.17, 15) is 9.59 Å². The molecule has 2 aromatic heterocycles. The van der Waals surface area contributed by atoms with Crippen LogP contribution in [-0.2, 0) is 19.4 Å². The minimum atomic E-state index is -0.134. The van der Waals surface area contributed by atoms with Crippen LogP contribution in [0.25, 0.3) is 10.2 Å². The van der Waals surface area contributed by atoms with Crippen molar-refractivity contribution in [3.8, 4) is 5.75 Å². The molecule has 1 aliphatic rings. The van der Waals surface area contributed by atoms with Crippen LogP contribution >= 0.6 is 11.3 Å². The lowest BCUT2D eigenvalue weighted by Gasteiger charge is -2.17. The van der Waals surface area contributed by atoms with Crippen LogP contribution in [0.4, 0.5) is 0 Å². The maximum atomic E-state index is 13.0. The van der Waals surface area contributed by atoms with Gasteiger partial charge in [-0.2, -0.15) is 0 Å². The van der Waals surface area contributed by atoms with E-state index in [1.165, 1.54) is 15.8 Å². The molecule has 6 heteroatoms. The minimum Gasteiger partial charge on any atom is -0.497 e. The first kappa shape index (κ1) is 17.0. The molecule has 0 saturated heterocycles. The van der Waals surface area contributed by atoms with Gasteiger partial charge in [0.2, 0.25) is 0 Å². The normalized spacial score (nSPS) is 16.5. The molecule has 0 saturated carbocycles. The van der Waals surface area contributed by atoms with E-state index < -0.39 is 0 Å². The third-order valence-electron chi connectivity index (χ3n) is 4.99. The highest BCUT2D eigenvalue weighted by Crippen LogP contribution is 2.35. The average molecular weight is 368 g/mol. The predicted molar refractivity (Wildman–Crippen MR) is 102 cm³/mol. The van der Waals surface area contributed by atoms with Gasteiger partial charge in [0.15, 0.2) is 5.78 Å². The SMILES string of the molecule is COc1cccc(C(=O)Cn2cnc3sc4c(c3c2=O)CCC(C)C4)c1. The first-order valence-electron chi connectivity index (χ1n) is 8.73. The van der Waals surface area contributed by atoms with Crippen molar-refractivity contribution in [3.63, 3.8) is 0 Å². The van der Waals surface area contributed by atoms with Gasteiger partial charge in [0, 0.05) is 10.4 Å². The molecule has 1 atom stereocenters. The van der Waals surface area contributed by atoms with Gasteiger partial charge in [-0.05, 0) is 42.9 Å². The lowest BCUT2D eigenvalue weighted by Crippen LogP contribution is -2.25. The molecule has 1 aromatic carbocycles. The molecule has 0 radical (unpaired) electrons. The number of carbonyl (C=O) groups excluding carboxylic acids is 1. The minimum absolute atomic E-state index is 0.0179. The average Bonchev–Trinajstić information content (AvgIpc) is 3.02. The molecule has 1 unspecified atom stereocenters. The van der Waals surface area contributed by atoms with Crippen LogP contribution in [-0.4, -0.2) is 22.4 Å². The molecule has 0 fully saturated rings. The van der Waals surface area contributed by atoms with Crippen LogP contribution in [0.1, 0.15) is 34.1 Å². The summed E-state index contributed by atoms with van der Waals surface area (Å²) in [5, 5.41) is 0.706. The number of methoxy groups -OCH3 is 1. The topological polar surface area (TPSA) is 61.2 Å².